The molecule has 5 N–H and O–H groups in total. The van der Waals surface area contributed by atoms with Crippen molar-refractivity contribution in [2.24, 2.45) is 10.7 Å². The summed E-state index contributed by atoms with van der Waals surface area (Å²) in [5, 5.41) is 10.6. The Morgan fingerprint density at radius 1 is 1.39 bits per heavy atom. The number of nitrogen functional groups attached to an aromatic ring is 1. The van der Waals surface area contributed by atoms with Crippen LogP contribution < -0.4 is 17.0 Å². The third-order valence-corrected chi connectivity index (χ3v) is 4.99. The topological polar surface area (TPSA) is 132 Å². The van der Waals surface area contributed by atoms with Crippen molar-refractivity contribution in [3.63, 3.8) is 0 Å². The summed E-state index contributed by atoms with van der Waals surface area (Å²) in [5.74, 6) is 0.158. The van der Waals surface area contributed by atoms with Gasteiger partial charge in [0.05, 0.1) is 23.4 Å². The van der Waals surface area contributed by atoms with Gasteiger partial charge in [0.2, 0.25) is 5.95 Å². The molecule has 2 aromatic heterocycles. The van der Waals surface area contributed by atoms with Gasteiger partial charge in [0.25, 0.3) is 5.56 Å². The smallest absolute Gasteiger partial charge is 0.260 e. The van der Waals surface area contributed by atoms with E-state index in [1.54, 1.807) is 24.5 Å². The van der Waals surface area contributed by atoms with E-state index in [2.05, 4.69) is 15.0 Å². The minimum absolute atomic E-state index is 0.0796. The first-order chi connectivity index (χ1) is 13.2. The Hall–Kier alpha value is -2.74. The second kappa shape index (κ2) is 7.71. The molecule has 1 fully saturated rings. The third-order valence-electron chi connectivity index (χ3n) is 4.99. The number of aromatic nitrogens is 3. The summed E-state index contributed by atoms with van der Waals surface area (Å²) in [7, 11) is 0. The molecule has 0 amide bonds. The first-order valence-corrected chi connectivity index (χ1v) is 9.55. The van der Waals surface area contributed by atoms with Gasteiger partial charge in [-0.1, -0.05) is 12.8 Å². The van der Waals surface area contributed by atoms with E-state index in [1.807, 2.05) is 6.92 Å². The first-order valence-electron chi connectivity index (χ1n) is 9.55. The summed E-state index contributed by atoms with van der Waals surface area (Å²) in [6.07, 6.45) is 6.91. The van der Waals surface area contributed by atoms with Crippen LogP contribution in [0.3, 0.4) is 0 Å². The van der Waals surface area contributed by atoms with Crippen molar-refractivity contribution >= 4 is 28.8 Å². The Labute approximate surface area is 164 Å². The van der Waals surface area contributed by atoms with E-state index < -0.39 is 5.60 Å². The largest absolute Gasteiger partial charge is 0.404 e. The van der Waals surface area contributed by atoms with Crippen molar-refractivity contribution in [1.29, 1.82) is 0 Å². The number of rotatable bonds is 5. The highest BCUT2D eigenvalue weighted by atomic mass is 16.3. The Kier molecular flexibility index (Phi) is 5.51. The van der Waals surface area contributed by atoms with Crippen molar-refractivity contribution in [1.82, 2.24) is 14.5 Å². The van der Waals surface area contributed by atoms with Crippen LogP contribution in [-0.4, -0.2) is 38.0 Å². The lowest BCUT2D eigenvalue weighted by Crippen LogP contribution is -2.28. The predicted octanol–water partition coefficient (Wildman–Crippen LogP) is 1.94. The van der Waals surface area contributed by atoms with E-state index in [0.717, 1.165) is 31.1 Å². The molecule has 0 saturated heterocycles. The van der Waals surface area contributed by atoms with Gasteiger partial charge in [0, 0.05) is 29.4 Å². The van der Waals surface area contributed by atoms with Crippen molar-refractivity contribution < 1.29 is 5.11 Å². The zero-order valence-electron chi connectivity index (χ0n) is 16.6. The van der Waals surface area contributed by atoms with Crippen molar-refractivity contribution in [2.75, 3.05) is 12.3 Å². The molecule has 3 rings (SSSR count). The highest BCUT2D eigenvalue weighted by Gasteiger charge is 2.24. The summed E-state index contributed by atoms with van der Waals surface area (Å²) < 4.78 is 1.75. The number of allylic oxidation sites excluding steroid dienone is 1. The average molecular weight is 384 g/mol. The maximum atomic E-state index is 13.4. The number of pyridine rings is 1. The second-order valence-electron chi connectivity index (χ2n) is 7.98. The number of aryl methyl sites for hydroxylation is 1. The lowest BCUT2D eigenvalue weighted by Gasteiger charge is -2.19. The van der Waals surface area contributed by atoms with E-state index in [1.165, 1.54) is 12.4 Å². The van der Waals surface area contributed by atoms with Gasteiger partial charge in [0.15, 0.2) is 0 Å². The molecule has 2 aromatic rings. The zero-order chi connectivity index (χ0) is 20.5. The number of fused-ring (bicyclic) bond motifs is 1. The summed E-state index contributed by atoms with van der Waals surface area (Å²) in [6, 6.07) is 1.84. The van der Waals surface area contributed by atoms with E-state index >= 15 is 0 Å². The van der Waals surface area contributed by atoms with Gasteiger partial charge < -0.3 is 16.6 Å². The molecule has 8 nitrogen and oxygen atoms in total. The van der Waals surface area contributed by atoms with Crippen LogP contribution in [0.4, 0.5) is 5.95 Å². The van der Waals surface area contributed by atoms with E-state index in [-0.39, 0.29) is 24.1 Å². The molecular weight excluding hydrogens is 356 g/mol. The standard InChI is InChI=1S/C20H28N6O2/c1-12-15-8-16(13(9-21)10-23-11-20(2,3)28)18(27)26(14-6-4-5-7-14)17(15)25-19(22)24-12/h8-10,14,28H,4-7,11,21H2,1-3H3,(H2,22,24,25). The van der Waals surface area contributed by atoms with Crippen LogP contribution in [0.5, 0.6) is 0 Å². The molecule has 1 aliphatic rings. The zero-order valence-corrected chi connectivity index (χ0v) is 16.6. The molecule has 0 spiro atoms. The molecule has 0 radical (unpaired) electrons. The lowest BCUT2D eigenvalue weighted by molar-refractivity contribution is 0.0906. The average Bonchev–Trinajstić information content (AvgIpc) is 3.12. The number of nitrogens with two attached hydrogens (primary N) is 2. The summed E-state index contributed by atoms with van der Waals surface area (Å²) in [6.45, 7) is 5.39. The van der Waals surface area contributed by atoms with E-state index in [9.17, 15) is 9.90 Å². The number of aliphatic hydroxyl groups is 1. The minimum atomic E-state index is -0.939. The molecule has 2 heterocycles. The fourth-order valence-electron chi connectivity index (χ4n) is 3.65. The molecule has 28 heavy (non-hydrogen) atoms. The molecule has 0 atom stereocenters. The van der Waals surface area contributed by atoms with Crippen LogP contribution in [0.2, 0.25) is 0 Å². The van der Waals surface area contributed by atoms with Crippen LogP contribution in [-0.2, 0) is 0 Å². The highest BCUT2D eigenvalue weighted by molar-refractivity contribution is 6.10. The molecule has 0 aliphatic heterocycles. The normalized spacial score (nSPS) is 16.5. The molecule has 0 aromatic carbocycles. The fraction of sp³-hybridized carbons (Fsp3) is 0.500. The van der Waals surface area contributed by atoms with Crippen molar-refractivity contribution in [3.05, 3.63) is 33.9 Å². The Morgan fingerprint density at radius 2 is 2.07 bits per heavy atom. The van der Waals surface area contributed by atoms with Gasteiger partial charge in [-0.25, -0.2) is 4.98 Å². The molecular formula is C20H28N6O2. The van der Waals surface area contributed by atoms with Crippen LogP contribution in [0.25, 0.3) is 16.6 Å². The number of aliphatic imine (C=N–C) groups is 1. The van der Waals surface area contributed by atoms with Crippen LogP contribution in [0.15, 0.2) is 22.1 Å². The maximum absolute atomic E-state index is 13.4. The highest BCUT2D eigenvalue weighted by Crippen LogP contribution is 2.31. The Balaban J connectivity index is 2.20. The third kappa shape index (κ3) is 4.06. The molecule has 0 bridgehead atoms. The van der Waals surface area contributed by atoms with Gasteiger partial charge in [-0.05, 0) is 39.7 Å². The SMILES string of the molecule is Cc1nc(N)nc2c1cc(C(C=NCC(C)(C)O)=CN)c(=O)n2C1CCCC1. The first kappa shape index (κ1) is 20.0. The minimum Gasteiger partial charge on any atom is -0.404 e. The number of nitrogens with zero attached hydrogens (tertiary/aromatic N) is 4. The van der Waals surface area contributed by atoms with Gasteiger partial charge >= 0.3 is 0 Å². The molecule has 1 aliphatic carbocycles. The summed E-state index contributed by atoms with van der Waals surface area (Å²) in [5.41, 5.74) is 12.8. The monoisotopic (exact) mass is 384 g/mol. The molecule has 1 saturated carbocycles. The van der Waals surface area contributed by atoms with Crippen LogP contribution in [0.1, 0.15) is 56.8 Å². The number of anilines is 1. The Bertz CT molecular complexity index is 994. The molecule has 8 heteroatoms. The predicted molar refractivity (Wildman–Crippen MR) is 112 cm³/mol. The van der Waals surface area contributed by atoms with Crippen molar-refractivity contribution in [2.45, 2.75) is 58.1 Å². The fourth-order valence-corrected chi connectivity index (χ4v) is 3.65. The quantitative estimate of drug-likeness (QED) is 0.675. The van der Waals surface area contributed by atoms with Gasteiger partial charge in [0.1, 0.15) is 5.65 Å². The lowest BCUT2D eigenvalue weighted by atomic mass is 10.1. The molecule has 150 valence electrons. The van der Waals surface area contributed by atoms with Crippen LogP contribution in [0, 0.1) is 6.92 Å². The van der Waals surface area contributed by atoms with E-state index in [4.69, 9.17) is 11.5 Å². The Morgan fingerprint density at radius 3 is 2.68 bits per heavy atom. The van der Waals surface area contributed by atoms with Gasteiger partial charge in [-0.2, -0.15) is 4.98 Å². The summed E-state index contributed by atoms with van der Waals surface area (Å²) >= 11 is 0. The number of hydrogen-bond donors (Lipinski definition) is 3. The van der Waals surface area contributed by atoms with Gasteiger partial charge in [-0.15, -0.1) is 0 Å². The van der Waals surface area contributed by atoms with Crippen LogP contribution >= 0.6 is 0 Å². The molecule has 0 unspecified atom stereocenters. The second-order valence-corrected chi connectivity index (χ2v) is 7.98. The summed E-state index contributed by atoms with van der Waals surface area (Å²) in [4.78, 5) is 26.3. The van der Waals surface area contributed by atoms with Gasteiger partial charge in [-0.3, -0.25) is 14.4 Å². The maximum Gasteiger partial charge on any atom is 0.260 e. The number of hydrogen-bond acceptors (Lipinski definition) is 7. The van der Waals surface area contributed by atoms with Crippen molar-refractivity contribution in [3.8, 4) is 0 Å². The van der Waals surface area contributed by atoms with E-state index in [0.29, 0.717) is 22.5 Å².